The lowest BCUT2D eigenvalue weighted by Gasteiger charge is -2.12. The van der Waals surface area contributed by atoms with Crippen LogP contribution in [0.25, 0.3) is 0 Å². The Morgan fingerprint density at radius 1 is 1.53 bits per heavy atom. The number of primary amides is 1. The number of hydrogen-bond donors (Lipinski definition) is 1. The predicted molar refractivity (Wildman–Crippen MR) is 55.1 cm³/mol. The molecule has 1 rings (SSSR count). The number of carbonyl (C=O) groups excluding carboxylic acids is 1. The number of benzene rings is 1. The Hall–Kier alpha value is -1.42. The normalized spacial score (nSPS) is 12.5. The molecule has 4 heteroatoms. The molecule has 2 N–H and O–H groups in total. The van der Waals surface area contributed by atoms with Gasteiger partial charge in [0, 0.05) is 7.11 Å². The van der Waals surface area contributed by atoms with Gasteiger partial charge in [-0.25, -0.2) is 4.39 Å². The third-order valence-electron chi connectivity index (χ3n) is 2.38. The van der Waals surface area contributed by atoms with Gasteiger partial charge in [-0.15, -0.1) is 0 Å². The van der Waals surface area contributed by atoms with Crippen LogP contribution < -0.4 is 5.73 Å². The second kappa shape index (κ2) is 4.40. The molecule has 0 bridgehead atoms. The first-order valence-electron chi connectivity index (χ1n) is 4.60. The molecule has 1 aromatic rings. The van der Waals surface area contributed by atoms with Gasteiger partial charge >= 0.3 is 0 Å². The highest BCUT2D eigenvalue weighted by atomic mass is 19.1. The molecule has 15 heavy (non-hydrogen) atoms. The van der Waals surface area contributed by atoms with Gasteiger partial charge in [0.25, 0.3) is 5.91 Å². The maximum atomic E-state index is 13.5. The molecule has 1 unspecified atom stereocenters. The zero-order valence-electron chi connectivity index (χ0n) is 9.00. The van der Waals surface area contributed by atoms with Crippen LogP contribution in [0.5, 0.6) is 0 Å². The van der Waals surface area contributed by atoms with E-state index in [0.29, 0.717) is 11.1 Å². The van der Waals surface area contributed by atoms with Crippen molar-refractivity contribution in [2.75, 3.05) is 7.11 Å². The Bertz CT molecular complexity index is 367. The number of aryl methyl sites for hydroxylation is 1. The molecule has 3 nitrogen and oxygen atoms in total. The van der Waals surface area contributed by atoms with Gasteiger partial charge in [0.2, 0.25) is 0 Å². The van der Waals surface area contributed by atoms with Crippen LogP contribution in [0.15, 0.2) is 12.1 Å². The fourth-order valence-electron chi connectivity index (χ4n) is 1.45. The van der Waals surface area contributed by atoms with Gasteiger partial charge in [0.05, 0.1) is 11.7 Å². The van der Waals surface area contributed by atoms with Crippen molar-refractivity contribution in [2.45, 2.75) is 20.0 Å². The zero-order chi connectivity index (χ0) is 11.6. The molecule has 0 heterocycles. The molecule has 1 aromatic carbocycles. The van der Waals surface area contributed by atoms with E-state index in [-0.39, 0.29) is 11.7 Å². The number of amides is 1. The van der Waals surface area contributed by atoms with Crippen LogP contribution in [0.1, 0.15) is 34.5 Å². The van der Waals surface area contributed by atoms with E-state index >= 15 is 0 Å². The van der Waals surface area contributed by atoms with Crippen LogP contribution in [-0.4, -0.2) is 13.0 Å². The molecule has 0 radical (unpaired) electrons. The van der Waals surface area contributed by atoms with Gasteiger partial charge in [0.15, 0.2) is 0 Å². The van der Waals surface area contributed by atoms with Crippen molar-refractivity contribution in [1.82, 2.24) is 0 Å². The standard InChI is InChI=1S/C11H14FNO2/c1-6-4-8(7(2)15-3)5-9(12)10(6)11(13)14/h4-5,7H,1-3H3,(H2,13,14). The second-order valence-electron chi connectivity index (χ2n) is 3.44. The van der Waals surface area contributed by atoms with E-state index in [2.05, 4.69) is 0 Å². The fraction of sp³-hybridized carbons (Fsp3) is 0.364. The van der Waals surface area contributed by atoms with Gasteiger partial charge in [-0.3, -0.25) is 4.79 Å². The largest absolute Gasteiger partial charge is 0.377 e. The number of hydrogen-bond acceptors (Lipinski definition) is 2. The summed E-state index contributed by atoms with van der Waals surface area (Å²) in [6.07, 6.45) is -0.208. The van der Waals surface area contributed by atoms with E-state index in [0.717, 1.165) is 0 Å². The fourth-order valence-corrected chi connectivity index (χ4v) is 1.45. The Balaban J connectivity index is 3.25. The van der Waals surface area contributed by atoms with E-state index in [9.17, 15) is 9.18 Å². The van der Waals surface area contributed by atoms with E-state index in [4.69, 9.17) is 10.5 Å². The Morgan fingerprint density at radius 3 is 2.53 bits per heavy atom. The highest BCUT2D eigenvalue weighted by Crippen LogP contribution is 2.22. The number of halogens is 1. The van der Waals surface area contributed by atoms with Crippen LogP contribution in [0, 0.1) is 12.7 Å². The summed E-state index contributed by atoms with van der Waals surface area (Å²) in [5.74, 6) is -1.34. The lowest BCUT2D eigenvalue weighted by Crippen LogP contribution is -2.15. The minimum atomic E-state index is -0.749. The van der Waals surface area contributed by atoms with Crippen LogP contribution in [0.4, 0.5) is 4.39 Å². The van der Waals surface area contributed by atoms with Crippen molar-refractivity contribution < 1.29 is 13.9 Å². The summed E-state index contributed by atoms with van der Waals surface area (Å²) in [7, 11) is 1.54. The number of rotatable bonds is 3. The highest BCUT2D eigenvalue weighted by molar-refractivity contribution is 5.94. The maximum Gasteiger partial charge on any atom is 0.251 e. The van der Waals surface area contributed by atoms with Crippen molar-refractivity contribution in [1.29, 1.82) is 0 Å². The molecule has 0 aliphatic carbocycles. The van der Waals surface area contributed by atoms with Crippen LogP contribution in [0.3, 0.4) is 0 Å². The summed E-state index contributed by atoms with van der Waals surface area (Å²) in [4.78, 5) is 10.9. The summed E-state index contributed by atoms with van der Waals surface area (Å²) >= 11 is 0. The molecule has 0 fully saturated rings. The summed E-state index contributed by atoms with van der Waals surface area (Å²) < 4.78 is 18.6. The van der Waals surface area contributed by atoms with Crippen molar-refractivity contribution in [3.63, 3.8) is 0 Å². The maximum absolute atomic E-state index is 13.5. The van der Waals surface area contributed by atoms with E-state index in [1.165, 1.54) is 6.07 Å². The number of carbonyl (C=O) groups is 1. The zero-order valence-corrected chi connectivity index (χ0v) is 9.00. The first-order chi connectivity index (χ1) is 6.97. The molecule has 0 aliphatic rings. The minimum Gasteiger partial charge on any atom is -0.377 e. The number of nitrogens with two attached hydrogens (primary N) is 1. The third kappa shape index (κ3) is 2.33. The van der Waals surface area contributed by atoms with Crippen molar-refractivity contribution in [3.8, 4) is 0 Å². The average Bonchev–Trinajstić information content (AvgIpc) is 2.14. The molecule has 82 valence electrons. The first kappa shape index (κ1) is 11.7. The lowest BCUT2D eigenvalue weighted by atomic mass is 10.0. The van der Waals surface area contributed by atoms with Gasteiger partial charge < -0.3 is 10.5 Å². The van der Waals surface area contributed by atoms with E-state index in [1.54, 1.807) is 27.0 Å². The monoisotopic (exact) mass is 211 g/mol. The average molecular weight is 211 g/mol. The van der Waals surface area contributed by atoms with Gasteiger partial charge in [-0.05, 0) is 31.0 Å². The second-order valence-corrected chi connectivity index (χ2v) is 3.44. The van der Waals surface area contributed by atoms with E-state index < -0.39 is 11.7 Å². The Morgan fingerprint density at radius 2 is 2.13 bits per heavy atom. The molecule has 0 saturated heterocycles. The van der Waals surface area contributed by atoms with Gasteiger partial charge in [-0.2, -0.15) is 0 Å². The topological polar surface area (TPSA) is 52.3 Å². The molecular weight excluding hydrogens is 197 g/mol. The molecular formula is C11H14FNO2. The molecule has 1 amide bonds. The van der Waals surface area contributed by atoms with Crippen molar-refractivity contribution >= 4 is 5.91 Å². The van der Waals surface area contributed by atoms with E-state index in [1.807, 2.05) is 0 Å². The quantitative estimate of drug-likeness (QED) is 0.830. The summed E-state index contributed by atoms with van der Waals surface area (Å²) in [6.45, 7) is 3.45. The highest BCUT2D eigenvalue weighted by Gasteiger charge is 2.15. The van der Waals surface area contributed by atoms with Crippen molar-refractivity contribution in [3.05, 3.63) is 34.6 Å². The molecule has 0 aromatic heterocycles. The number of ether oxygens (including phenoxy) is 1. The SMILES string of the molecule is COC(C)c1cc(C)c(C(N)=O)c(F)c1. The van der Waals surface area contributed by atoms with Crippen molar-refractivity contribution in [2.24, 2.45) is 5.73 Å². The summed E-state index contributed by atoms with van der Waals surface area (Å²) in [5, 5.41) is 0. The van der Waals surface area contributed by atoms with Crippen LogP contribution in [0.2, 0.25) is 0 Å². The van der Waals surface area contributed by atoms with Crippen LogP contribution in [-0.2, 0) is 4.74 Å². The molecule has 0 spiro atoms. The lowest BCUT2D eigenvalue weighted by molar-refractivity contribution is 0.0994. The minimum absolute atomic E-state index is 0.0537. The number of methoxy groups -OCH3 is 1. The smallest absolute Gasteiger partial charge is 0.251 e. The summed E-state index contributed by atoms with van der Waals surface area (Å²) in [5.41, 5.74) is 6.23. The molecule has 1 atom stereocenters. The Labute approximate surface area is 88.0 Å². The molecule has 0 aliphatic heterocycles. The Kier molecular flexibility index (Phi) is 3.42. The van der Waals surface area contributed by atoms with Gasteiger partial charge in [-0.1, -0.05) is 6.07 Å². The molecule has 0 saturated carbocycles. The third-order valence-corrected chi connectivity index (χ3v) is 2.38. The van der Waals surface area contributed by atoms with Crippen LogP contribution >= 0.6 is 0 Å². The van der Waals surface area contributed by atoms with Gasteiger partial charge in [0.1, 0.15) is 5.82 Å². The first-order valence-corrected chi connectivity index (χ1v) is 4.60. The predicted octanol–water partition coefficient (Wildman–Crippen LogP) is 1.94. The summed E-state index contributed by atoms with van der Waals surface area (Å²) in [6, 6.07) is 2.98.